The van der Waals surface area contributed by atoms with Crippen LogP contribution in [0.1, 0.15) is 30.3 Å². The summed E-state index contributed by atoms with van der Waals surface area (Å²) in [4.78, 5) is 0. The van der Waals surface area contributed by atoms with Crippen LogP contribution < -0.4 is 0 Å². The third-order valence-corrected chi connectivity index (χ3v) is 2.82. The van der Waals surface area contributed by atoms with E-state index in [0.29, 0.717) is 0 Å². The fourth-order valence-corrected chi connectivity index (χ4v) is 2.12. The minimum Gasteiger partial charge on any atom is -0.393 e. The molecule has 0 aromatic carbocycles. The second kappa shape index (κ2) is 3.14. The fourth-order valence-electron chi connectivity index (χ4n) is 2.12. The molecule has 0 aliphatic heterocycles. The predicted molar refractivity (Wildman–Crippen MR) is 50.7 cm³/mol. The van der Waals surface area contributed by atoms with Crippen LogP contribution in [0.15, 0.2) is 0 Å². The van der Waals surface area contributed by atoms with Crippen molar-refractivity contribution in [1.29, 1.82) is 0 Å². The normalized spacial score (nSPS) is 21.6. The zero-order valence-electron chi connectivity index (χ0n) is 8.25. The van der Waals surface area contributed by atoms with Gasteiger partial charge in [0.05, 0.1) is 11.8 Å². The van der Waals surface area contributed by atoms with Gasteiger partial charge in [0.1, 0.15) is 0 Å². The van der Waals surface area contributed by atoms with Crippen molar-refractivity contribution in [3.05, 3.63) is 17.0 Å². The largest absolute Gasteiger partial charge is 0.393 e. The molecule has 2 rings (SSSR count). The van der Waals surface area contributed by atoms with Crippen molar-refractivity contribution in [1.82, 2.24) is 9.78 Å². The lowest BCUT2D eigenvalue weighted by Gasteiger charge is -2.18. The van der Waals surface area contributed by atoms with Gasteiger partial charge in [0.2, 0.25) is 0 Å². The van der Waals surface area contributed by atoms with E-state index < -0.39 is 0 Å². The van der Waals surface area contributed by atoms with Crippen LogP contribution in [0.3, 0.4) is 0 Å². The molecule has 72 valence electrons. The highest BCUT2D eigenvalue weighted by Gasteiger charge is 2.22. The average Bonchev–Trinajstić information content (AvgIpc) is 2.42. The third kappa shape index (κ3) is 1.37. The lowest BCUT2D eigenvalue weighted by molar-refractivity contribution is 0.155. The number of aryl methyl sites for hydroxylation is 2. The number of aromatic nitrogens is 2. The molecular weight excluding hydrogens is 164 g/mol. The highest BCUT2D eigenvalue weighted by atomic mass is 16.3. The van der Waals surface area contributed by atoms with Gasteiger partial charge in [-0.15, -0.1) is 0 Å². The quantitative estimate of drug-likeness (QED) is 0.701. The molecule has 1 aliphatic carbocycles. The molecule has 1 unspecified atom stereocenters. The maximum atomic E-state index is 9.54. The summed E-state index contributed by atoms with van der Waals surface area (Å²) in [6.07, 6.45) is 2.50. The lowest BCUT2D eigenvalue weighted by Crippen LogP contribution is -2.20. The Morgan fingerprint density at radius 3 is 3.08 bits per heavy atom. The van der Waals surface area contributed by atoms with Crippen LogP contribution in [0, 0.1) is 6.92 Å². The fraction of sp³-hybridized carbons (Fsp3) is 0.700. The third-order valence-electron chi connectivity index (χ3n) is 2.82. The van der Waals surface area contributed by atoms with Gasteiger partial charge in [0.25, 0.3) is 0 Å². The standard InChI is InChI=1S/C10H16N2O/c1-3-12-10-6-8(13)4-5-9(10)7(2)11-12/h8,13H,3-6H2,1-2H3. The van der Waals surface area contributed by atoms with Crippen LogP contribution in [-0.2, 0) is 19.4 Å². The molecule has 3 nitrogen and oxygen atoms in total. The highest BCUT2D eigenvalue weighted by Crippen LogP contribution is 2.24. The first kappa shape index (κ1) is 8.75. The van der Waals surface area contributed by atoms with Gasteiger partial charge in [-0.2, -0.15) is 5.10 Å². The average molecular weight is 180 g/mol. The van der Waals surface area contributed by atoms with Gasteiger partial charge in [-0.05, 0) is 32.3 Å². The van der Waals surface area contributed by atoms with Gasteiger partial charge in [-0.3, -0.25) is 4.68 Å². The van der Waals surface area contributed by atoms with E-state index in [2.05, 4.69) is 18.9 Å². The monoisotopic (exact) mass is 180 g/mol. The summed E-state index contributed by atoms with van der Waals surface area (Å²) < 4.78 is 2.02. The van der Waals surface area contributed by atoms with E-state index in [1.54, 1.807) is 0 Å². The van der Waals surface area contributed by atoms with Crippen molar-refractivity contribution in [3.63, 3.8) is 0 Å². The van der Waals surface area contributed by atoms with E-state index >= 15 is 0 Å². The summed E-state index contributed by atoms with van der Waals surface area (Å²) in [6, 6.07) is 0. The molecule has 1 atom stereocenters. The molecule has 0 saturated carbocycles. The number of aliphatic hydroxyl groups excluding tert-OH is 1. The highest BCUT2D eigenvalue weighted by molar-refractivity contribution is 5.28. The van der Waals surface area contributed by atoms with Crippen molar-refractivity contribution < 1.29 is 5.11 Å². The van der Waals surface area contributed by atoms with Crippen molar-refractivity contribution in [2.75, 3.05) is 0 Å². The zero-order valence-corrected chi connectivity index (χ0v) is 8.25. The Hall–Kier alpha value is -0.830. The first-order valence-electron chi connectivity index (χ1n) is 4.95. The Bertz CT molecular complexity index is 317. The first-order valence-corrected chi connectivity index (χ1v) is 4.95. The van der Waals surface area contributed by atoms with Crippen molar-refractivity contribution >= 4 is 0 Å². The molecule has 3 heteroatoms. The molecule has 1 heterocycles. The Balaban J connectivity index is 2.43. The molecule has 0 fully saturated rings. The topological polar surface area (TPSA) is 38.0 Å². The van der Waals surface area contributed by atoms with Crippen molar-refractivity contribution in [2.24, 2.45) is 0 Å². The number of aliphatic hydroxyl groups is 1. The molecule has 1 aromatic rings. The smallest absolute Gasteiger partial charge is 0.0628 e. The summed E-state index contributed by atoms with van der Waals surface area (Å²) >= 11 is 0. The van der Waals surface area contributed by atoms with Gasteiger partial charge in [0.15, 0.2) is 0 Å². The molecule has 13 heavy (non-hydrogen) atoms. The van der Waals surface area contributed by atoms with Crippen LogP contribution in [-0.4, -0.2) is 21.0 Å². The molecule has 1 aromatic heterocycles. The van der Waals surface area contributed by atoms with Crippen LogP contribution in [0.25, 0.3) is 0 Å². The lowest BCUT2D eigenvalue weighted by atomic mass is 9.94. The maximum absolute atomic E-state index is 9.54. The van der Waals surface area contributed by atoms with Gasteiger partial charge < -0.3 is 5.11 Å². The maximum Gasteiger partial charge on any atom is 0.0628 e. The Labute approximate surface area is 78.4 Å². The van der Waals surface area contributed by atoms with E-state index in [4.69, 9.17) is 0 Å². The number of hydrogen-bond donors (Lipinski definition) is 1. The zero-order chi connectivity index (χ0) is 9.42. The van der Waals surface area contributed by atoms with E-state index in [-0.39, 0.29) is 6.10 Å². The Morgan fingerprint density at radius 2 is 2.38 bits per heavy atom. The summed E-state index contributed by atoms with van der Waals surface area (Å²) in [6.45, 7) is 5.05. The van der Waals surface area contributed by atoms with Crippen molar-refractivity contribution in [2.45, 2.75) is 45.8 Å². The van der Waals surface area contributed by atoms with Crippen LogP contribution in [0.5, 0.6) is 0 Å². The van der Waals surface area contributed by atoms with Gasteiger partial charge >= 0.3 is 0 Å². The van der Waals surface area contributed by atoms with E-state index in [1.807, 2.05) is 4.68 Å². The number of fused-ring (bicyclic) bond motifs is 1. The number of rotatable bonds is 1. The Morgan fingerprint density at radius 1 is 1.62 bits per heavy atom. The summed E-state index contributed by atoms with van der Waals surface area (Å²) in [5, 5.41) is 14.0. The van der Waals surface area contributed by atoms with Crippen LogP contribution in [0.4, 0.5) is 0 Å². The first-order chi connectivity index (χ1) is 6.22. The van der Waals surface area contributed by atoms with Crippen LogP contribution in [0.2, 0.25) is 0 Å². The van der Waals surface area contributed by atoms with Crippen LogP contribution >= 0.6 is 0 Å². The summed E-state index contributed by atoms with van der Waals surface area (Å²) in [5.41, 5.74) is 3.76. The molecule has 1 aliphatic rings. The second-order valence-corrected chi connectivity index (χ2v) is 3.72. The number of nitrogens with zero attached hydrogens (tertiary/aromatic N) is 2. The SMILES string of the molecule is CCn1nc(C)c2c1CC(O)CC2. The summed E-state index contributed by atoms with van der Waals surface area (Å²) in [5.74, 6) is 0. The van der Waals surface area contributed by atoms with Gasteiger partial charge in [-0.25, -0.2) is 0 Å². The summed E-state index contributed by atoms with van der Waals surface area (Å²) in [7, 11) is 0. The molecule has 1 N–H and O–H groups in total. The Kier molecular flexibility index (Phi) is 2.12. The molecule has 0 bridgehead atoms. The molecule has 0 amide bonds. The molecule has 0 spiro atoms. The molecule has 0 saturated heterocycles. The van der Waals surface area contributed by atoms with Crippen molar-refractivity contribution in [3.8, 4) is 0 Å². The van der Waals surface area contributed by atoms with E-state index in [0.717, 1.165) is 31.5 Å². The molecular formula is C10H16N2O. The van der Waals surface area contributed by atoms with Gasteiger partial charge in [-0.1, -0.05) is 0 Å². The van der Waals surface area contributed by atoms with Gasteiger partial charge in [0, 0.05) is 18.7 Å². The predicted octanol–water partition coefficient (Wildman–Crippen LogP) is 1.06. The number of hydrogen-bond acceptors (Lipinski definition) is 2. The minimum absolute atomic E-state index is 0.158. The van der Waals surface area contributed by atoms with E-state index in [9.17, 15) is 5.11 Å². The minimum atomic E-state index is -0.158. The second-order valence-electron chi connectivity index (χ2n) is 3.72. The van der Waals surface area contributed by atoms with E-state index in [1.165, 1.54) is 11.3 Å². The molecule has 0 radical (unpaired) electrons.